The van der Waals surface area contributed by atoms with Gasteiger partial charge < -0.3 is 0 Å². The van der Waals surface area contributed by atoms with Gasteiger partial charge in [0.05, 0.1) is 0 Å². The lowest BCUT2D eigenvalue weighted by Gasteiger charge is -2.04. The molecule has 2 fully saturated rings. The maximum absolute atomic E-state index is 2.46. The second-order valence-corrected chi connectivity index (χ2v) is 5.11. The van der Waals surface area contributed by atoms with Crippen LogP contribution in [0, 0.1) is 18.8 Å². The van der Waals surface area contributed by atoms with Crippen molar-refractivity contribution in [3.8, 4) is 0 Å². The van der Waals surface area contributed by atoms with Gasteiger partial charge >= 0.3 is 0 Å². The molecule has 2 bridgehead atoms. The van der Waals surface area contributed by atoms with Crippen LogP contribution in [0.5, 0.6) is 0 Å². The zero-order chi connectivity index (χ0) is 10.3. The Morgan fingerprint density at radius 1 is 1.07 bits per heavy atom. The largest absolute Gasteiger partial charge is 0.0634 e. The Morgan fingerprint density at radius 2 is 1.73 bits per heavy atom. The van der Waals surface area contributed by atoms with Gasteiger partial charge in [-0.2, -0.15) is 0 Å². The molecule has 0 saturated heterocycles. The molecule has 0 spiro atoms. The molecule has 2 saturated carbocycles. The average molecular weight is 198 g/mol. The van der Waals surface area contributed by atoms with E-state index in [4.69, 9.17) is 0 Å². The highest BCUT2D eigenvalue weighted by molar-refractivity contribution is 5.56. The lowest BCUT2D eigenvalue weighted by Crippen LogP contribution is -1.90. The number of hydrogen-bond donors (Lipinski definition) is 0. The Balaban J connectivity index is 1.93. The van der Waals surface area contributed by atoms with Gasteiger partial charge in [0.2, 0.25) is 0 Å². The van der Waals surface area contributed by atoms with E-state index in [0.29, 0.717) is 0 Å². The van der Waals surface area contributed by atoms with Crippen LogP contribution >= 0.6 is 0 Å². The normalized spacial score (nSPS) is 28.5. The fourth-order valence-corrected chi connectivity index (χ4v) is 3.28. The van der Waals surface area contributed by atoms with Crippen molar-refractivity contribution in [2.45, 2.75) is 32.6 Å². The zero-order valence-electron chi connectivity index (χ0n) is 9.37. The van der Waals surface area contributed by atoms with Crippen molar-refractivity contribution in [3.05, 3.63) is 41.0 Å². The van der Waals surface area contributed by atoms with Crippen LogP contribution in [0.1, 0.15) is 36.8 Å². The number of hydrogen-bond acceptors (Lipinski definition) is 0. The van der Waals surface area contributed by atoms with Crippen molar-refractivity contribution in [1.82, 2.24) is 0 Å². The van der Waals surface area contributed by atoms with Crippen molar-refractivity contribution in [3.63, 3.8) is 0 Å². The number of rotatable bonds is 1. The third-order valence-electron chi connectivity index (χ3n) is 4.05. The van der Waals surface area contributed by atoms with Crippen LogP contribution in [0.3, 0.4) is 0 Å². The molecule has 0 radical (unpaired) electrons. The summed E-state index contributed by atoms with van der Waals surface area (Å²) in [6, 6.07) is 8.87. The molecule has 0 heteroatoms. The molecule has 0 N–H and O–H groups in total. The highest BCUT2D eigenvalue weighted by Crippen LogP contribution is 2.49. The first-order valence-electron chi connectivity index (χ1n) is 6.11. The zero-order valence-corrected chi connectivity index (χ0v) is 9.37. The summed E-state index contributed by atoms with van der Waals surface area (Å²) in [6.07, 6.45) is 8.25. The molecule has 2 aliphatic rings. The first kappa shape index (κ1) is 9.21. The molecule has 2 aliphatic carbocycles. The van der Waals surface area contributed by atoms with Crippen molar-refractivity contribution < 1.29 is 0 Å². The van der Waals surface area contributed by atoms with Gasteiger partial charge in [-0.25, -0.2) is 0 Å². The van der Waals surface area contributed by atoms with Gasteiger partial charge in [-0.15, -0.1) is 0 Å². The Bertz CT molecular complexity index is 378. The third-order valence-corrected chi connectivity index (χ3v) is 4.05. The second kappa shape index (κ2) is 3.52. The van der Waals surface area contributed by atoms with Crippen molar-refractivity contribution in [2.24, 2.45) is 11.8 Å². The monoisotopic (exact) mass is 198 g/mol. The first-order chi connectivity index (χ1) is 7.33. The lowest BCUT2D eigenvalue weighted by atomic mass is 10.0. The topological polar surface area (TPSA) is 0 Å². The highest BCUT2D eigenvalue weighted by Gasteiger charge is 2.35. The van der Waals surface area contributed by atoms with Crippen LogP contribution < -0.4 is 0 Å². The minimum Gasteiger partial charge on any atom is -0.0634 e. The second-order valence-electron chi connectivity index (χ2n) is 5.11. The van der Waals surface area contributed by atoms with Crippen molar-refractivity contribution in [1.29, 1.82) is 0 Å². The van der Waals surface area contributed by atoms with Gasteiger partial charge in [0, 0.05) is 0 Å². The Morgan fingerprint density at radius 3 is 2.33 bits per heavy atom. The van der Waals surface area contributed by atoms with E-state index in [1.54, 1.807) is 5.57 Å². The molecule has 0 atom stereocenters. The summed E-state index contributed by atoms with van der Waals surface area (Å²) in [4.78, 5) is 0. The average Bonchev–Trinajstić information content (AvgIpc) is 2.78. The third kappa shape index (κ3) is 1.62. The van der Waals surface area contributed by atoms with Gasteiger partial charge in [-0.1, -0.05) is 41.5 Å². The van der Waals surface area contributed by atoms with Crippen molar-refractivity contribution in [2.75, 3.05) is 0 Å². The molecule has 0 heterocycles. The highest BCUT2D eigenvalue weighted by atomic mass is 14.4. The van der Waals surface area contributed by atoms with Gasteiger partial charge in [-0.05, 0) is 50.0 Å². The van der Waals surface area contributed by atoms with Crippen LogP contribution in [0.15, 0.2) is 29.8 Å². The number of fused-ring (bicyclic) bond motifs is 2. The van der Waals surface area contributed by atoms with Crippen LogP contribution in [0.25, 0.3) is 6.08 Å². The summed E-state index contributed by atoms with van der Waals surface area (Å²) in [5.41, 5.74) is 4.53. The van der Waals surface area contributed by atoms with Crippen LogP contribution in [-0.2, 0) is 0 Å². The van der Waals surface area contributed by atoms with Gasteiger partial charge in [0.1, 0.15) is 0 Å². The molecule has 78 valence electrons. The van der Waals surface area contributed by atoms with Gasteiger partial charge in [-0.3, -0.25) is 0 Å². The van der Waals surface area contributed by atoms with Gasteiger partial charge in [0.25, 0.3) is 0 Å². The fraction of sp³-hybridized carbons (Fsp3) is 0.467. The summed E-state index contributed by atoms with van der Waals surface area (Å²) in [5, 5.41) is 0. The van der Waals surface area contributed by atoms with E-state index in [-0.39, 0.29) is 0 Å². The summed E-state index contributed by atoms with van der Waals surface area (Å²) >= 11 is 0. The molecular formula is C15H18. The van der Waals surface area contributed by atoms with Crippen molar-refractivity contribution >= 4 is 6.08 Å². The lowest BCUT2D eigenvalue weighted by molar-refractivity contribution is 0.480. The van der Waals surface area contributed by atoms with E-state index in [1.807, 2.05) is 0 Å². The molecule has 1 aromatic rings. The standard InChI is InChI=1S/C15H18/c1-11-3-2-4-12(9-11)10-15-13-5-6-14(15)8-7-13/h2-4,9-10,13-14H,5-8H2,1H3. The predicted octanol–water partition coefficient (Wildman–Crippen LogP) is 4.20. The quantitative estimate of drug-likeness (QED) is 0.634. The number of aryl methyl sites for hydroxylation is 1. The van der Waals surface area contributed by atoms with E-state index >= 15 is 0 Å². The molecule has 0 unspecified atom stereocenters. The maximum atomic E-state index is 2.46. The summed E-state index contributed by atoms with van der Waals surface area (Å²) in [6.45, 7) is 2.17. The van der Waals surface area contributed by atoms with E-state index < -0.39 is 0 Å². The van der Waals surface area contributed by atoms with E-state index in [2.05, 4.69) is 37.3 Å². The van der Waals surface area contributed by atoms with Crippen LogP contribution in [0.2, 0.25) is 0 Å². The molecule has 0 nitrogen and oxygen atoms in total. The van der Waals surface area contributed by atoms with Gasteiger partial charge in [0.15, 0.2) is 0 Å². The Hall–Kier alpha value is -1.04. The van der Waals surface area contributed by atoms with E-state index in [1.165, 1.54) is 36.8 Å². The fourth-order valence-electron chi connectivity index (χ4n) is 3.28. The smallest absolute Gasteiger partial charge is 0.0197 e. The van der Waals surface area contributed by atoms with Crippen LogP contribution in [-0.4, -0.2) is 0 Å². The molecule has 0 aliphatic heterocycles. The molecule has 0 amide bonds. The summed E-state index contributed by atoms with van der Waals surface area (Å²) in [5.74, 6) is 1.85. The SMILES string of the molecule is Cc1cccc(C=C2C3CCC2CC3)c1. The predicted molar refractivity (Wildman–Crippen MR) is 64.6 cm³/mol. The molecular weight excluding hydrogens is 180 g/mol. The molecule has 15 heavy (non-hydrogen) atoms. The van der Waals surface area contributed by atoms with E-state index in [0.717, 1.165) is 11.8 Å². The summed E-state index contributed by atoms with van der Waals surface area (Å²) in [7, 11) is 0. The molecule has 1 aromatic carbocycles. The minimum atomic E-state index is 0.926. The summed E-state index contributed by atoms with van der Waals surface area (Å²) < 4.78 is 0. The number of benzene rings is 1. The first-order valence-corrected chi connectivity index (χ1v) is 6.11. The minimum absolute atomic E-state index is 0.926. The Labute approximate surface area is 92.0 Å². The number of allylic oxidation sites excluding steroid dienone is 1. The van der Waals surface area contributed by atoms with E-state index in [9.17, 15) is 0 Å². The molecule has 0 aromatic heterocycles. The van der Waals surface area contributed by atoms with Crippen LogP contribution in [0.4, 0.5) is 0 Å². The molecule has 3 rings (SSSR count). The maximum Gasteiger partial charge on any atom is -0.0197 e. The Kier molecular flexibility index (Phi) is 2.16.